The summed E-state index contributed by atoms with van der Waals surface area (Å²) >= 11 is 3.32. The molecule has 1 aromatic heterocycles. The number of hydrogen-bond donors (Lipinski definition) is 1. The number of methoxy groups -OCH3 is 1. The molecule has 1 aliphatic heterocycles. The summed E-state index contributed by atoms with van der Waals surface area (Å²) < 4.78 is 11.8. The van der Waals surface area contributed by atoms with E-state index < -0.39 is 0 Å². The maximum absolute atomic E-state index is 12.2. The second kappa shape index (κ2) is 7.75. The number of thiazole rings is 1. The Labute approximate surface area is 190 Å². The van der Waals surface area contributed by atoms with E-state index in [-0.39, 0.29) is 10.8 Å². The maximum Gasteiger partial charge on any atom is 0.305 e. The van der Waals surface area contributed by atoms with E-state index in [2.05, 4.69) is 29.2 Å². The summed E-state index contributed by atoms with van der Waals surface area (Å²) in [5, 5.41) is 1.71. The van der Waals surface area contributed by atoms with Gasteiger partial charge in [0.05, 0.1) is 12.1 Å². The molecule has 4 nitrogen and oxygen atoms in total. The van der Waals surface area contributed by atoms with Gasteiger partial charge in [-0.25, -0.2) is 0 Å². The number of ether oxygens (including phenoxy) is 2. The molecule has 0 unspecified atom stereocenters. The van der Waals surface area contributed by atoms with Gasteiger partial charge in [0.2, 0.25) is 0 Å². The second-order valence-electron chi connectivity index (χ2n) is 8.86. The molecule has 6 rings (SSSR count). The van der Waals surface area contributed by atoms with Crippen molar-refractivity contribution in [1.29, 1.82) is 0 Å². The quantitative estimate of drug-likeness (QED) is 0.543. The molecular weight excluding hydrogens is 426 g/mol. The standard InChI is InChI=1S/C25H25NO3S2/c1-28-19-12-16(9-10-18(19)29-13-14-5-3-2-4-6-14)21-20-15-7-8-17(11-15)22(20)30-24-23(21)31-25(27)26-24/h2-6,9-10,12,15,17,20-22H,7-8,11,13H2,1H3,(H,26,27)/t15-,17-,20-,21+,22+/m1/s1. The zero-order chi connectivity index (χ0) is 20.9. The molecule has 6 heteroatoms. The minimum Gasteiger partial charge on any atom is -0.493 e. The Hall–Kier alpha value is -2.18. The fraction of sp³-hybridized carbons (Fsp3) is 0.400. The van der Waals surface area contributed by atoms with E-state index in [1.807, 2.05) is 36.0 Å². The minimum atomic E-state index is 0.0598. The van der Waals surface area contributed by atoms with E-state index in [4.69, 9.17) is 9.47 Å². The number of H-pyrrole nitrogens is 1. The largest absolute Gasteiger partial charge is 0.493 e. The van der Waals surface area contributed by atoms with Gasteiger partial charge < -0.3 is 14.5 Å². The Morgan fingerprint density at radius 1 is 1.06 bits per heavy atom. The van der Waals surface area contributed by atoms with Gasteiger partial charge in [0.1, 0.15) is 6.61 Å². The van der Waals surface area contributed by atoms with Crippen LogP contribution in [0, 0.1) is 17.8 Å². The molecule has 5 atom stereocenters. The molecule has 0 radical (unpaired) electrons. The number of hydrogen-bond acceptors (Lipinski definition) is 5. The van der Waals surface area contributed by atoms with Crippen molar-refractivity contribution in [3.05, 3.63) is 74.2 Å². The van der Waals surface area contributed by atoms with Crippen molar-refractivity contribution in [2.45, 2.75) is 42.1 Å². The van der Waals surface area contributed by atoms with Crippen molar-refractivity contribution in [3.8, 4) is 11.5 Å². The van der Waals surface area contributed by atoms with Gasteiger partial charge in [-0.1, -0.05) is 47.7 Å². The van der Waals surface area contributed by atoms with E-state index in [0.717, 1.165) is 33.9 Å². The van der Waals surface area contributed by atoms with Crippen LogP contribution in [-0.2, 0) is 6.61 Å². The van der Waals surface area contributed by atoms with Gasteiger partial charge in [0, 0.05) is 16.0 Å². The lowest BCUT2D eigenvalue weighted by atomic mass is 9.75. The highest BCUT2D eigenvalue weighted by atomic mass is 32.2. The first-order chi connectivity index (χ1) is 15.2. The van der Waals surface area contributed by atoms with Crippen molar-refractivity contribution in [2.24, 2.45) is 17.8 Å². The zero-order valence-corrected chi connectivity index (χ0v) is 19.0. The predicted octanol–water partition coefficient (Wildman–Crippen LogP) is 5.68. The van der Waals surface area contributed by atoms with Crippen LogP contribution < -0.4 is 14.3 Å². The van der Waals surface area contributed by atoms with Crippen LogP contribution in [0.25, 0.3) is 0 Å². The van der Waals surface area contributed by atoms with Gasteiger partial charge >= 0.3 is 4.87 Å². The molecule has 2 fully saturated rings. The molecule has 3 aliphatic rings. The number of benzene rings is 2. The Morgan fingerprint density at radius 3 is 2.74 bits per heavy atom. The van der Waals surface area contributed by atoms with Crippen LogP contribution in [0.2, 0.25) is 0 Å². The summed E-state index contributed by atoms with van der Waals surface area (Å²) in [6.45, 7) is 0.509. The summed E-state index contributed by atoms with van der Waals surface area (Å²) in [5.74, 6) is 3.93. The Kier molecular flexibility index (Phi) is 4.87. The van der Waals surface area contributed by atoms with Gasteiger partial charge in [-0.15, -0.1) is 11.8 Å². The average molecular weight is 452 g/mol. The van der Waals surface area contributed by atoms with Crippen molar-refractivity contribution in [3.63, 3.8) is 0 Å². The van der Waals surface area contributed by atoms with Crippen LogP contribution in [0.15, 0.2) is 58.4 Å². The van der Waals surface area contributed by atoms with Crippen molar-refractivity contribution in [2.75, 3.05) is 7.11 Å². The Morgan fingerprint density at radius 2 is 1.90 bits per heavy atom. The van der Waals surface area contributed by atoms with Crippen LogP contribution in [0.1, 0.15) is 41.2 Å². The molecule has 0 saturated heterocycles. The number of aromatic amines is 1. The monoisotopic (exact) mass is 451 g/mol. The average Bonchev–Trinajstić information content (AvgIpc) is 3.51. The first kappa shape index (κ1) is 19.5. The first-order valence-corrected chi connectivity index (χ1v) is 12.6. The number of nitrogens with one attached hydrogen (secondary N) is 1. The Bertz CT molecular complexity index is 1160. The van der Waals surface area contributed by atoms with E-state index in [0.29, 0.717) is 17.8 Å². The fourth-order valence-corrected chi connectivity index (χ4v) is 8.85. The van der Waals surface area contributed by atoms with Crippen molar-refractivity contribution in [1.82, 2.24) is 4.98 Å². The van der Waals surface area contributed by atoms with Gasteiger partial charge in [-0.3, -0.25) is 4.79 Å². The summed E-state index contributed by atoms with van der Waals surface area (Å²) in [7, 11) is 1.70. The minimum absolute atomic E-state index is 0.0598. The lowest BCUT2D eigenvalue weighted by Crippen LogP contribution is -2.33. The van der Waals surface area contributed by atoms with Gasteiger partial charge in [-0.05, 0) is 60.3 Å². The SMILES string of the molecule is COc1cc([C@@H]2c3sc(=O)[nH]c3S[C@H]3[C@@H]4CC[C@H](C4)[C@H]23)ccc1OCc1ccccc1. The van der Waals surface area contributed by atoms with Crippen molar-refractivity contribution < 1.29 is 9.47 Å². The molecule has 2 saturated carbocycles. The highest BCUT2D eigenvalue weighted by Gasteiger charge is 2.54. The molecule has 160 valence electrons. The van der Waals surface area contributed by atoms with E-state index in [1.54, 1.807) is 7.11 Å². The van der Waals surface area contributed by atoms with Crippen LogP contribution in [0.4, 0.5) is 0 Å². The number of rotatable bonds is 5. The van der Waals surface area contributed by atoms with Gasteiger partial charge in [0.25, 0.3) is 0 Å². The molecule has 2 aromatic carbocycles. The zero-order valence-electron chi connectivity index (χ0n) is 17.4. The smallest absolute Gasteiger partial charge is 0.305 e. The molecule has 2 heterocycles. The lowest BCUT2D eigenvalue weighted by Gasteiger charge is -2.40. The van der Waals surface area contributed by atoms with Gasteiger partial charge in [0.15, 0.2) is 11.5 Å². The highest BCUT2D eigenvalue weighted by molar-refractivity contribution is 8.00. The molecule has 1 N–H and O–H groups in total. The molecule has 0 amide bonds. The summed E-state index contributed by atoms with van der Waals surface area (Å²) in [6.07, 6.45) is 4.01. The molecule has 3 aromatic rings. The molecule has 0 spiro atoms. The first-order valence-electron chi connectivity index (χ1n) is 11.0. The Balaban J connectivity index is 1.35. The fourth-order valence-electron chi connectivity index (χ4n) is 5.95. The molecule has 2 aliphatic carbocycles. The highest BCUT2D eigenvalue weighted by Crippen LogP contribution is 2.63. The number of aromatic nitrogens is 1. The normalized spacial score (nSPS) is 28.2. The second-order valence-corrected chi connectivity index (χ2v) is 11.1. The van der Waals surface area contributed by atoms with Crippen LogP contribution >= 0.6 is 23.1 Å². The summed E-state index contributed by atoms with van der Waals surface area (Å²) in [5.41, 5.74) is 2.37. The van der Waals surface area contributed by atoms with E-state index >= 15 is 0 Å². The van der Waals surface area contributed by atoms with E-state index in [9.17, 15) is 4.79 Å². The van der Waals surface area contributed by atoms with Crippen LogP contribution in [0.5, 0.6) is 11.5 Å². The third-order valence-electron chi connectivity index (χ3n) is 7.25. The third-order valence-corrected chi connectivity index (χ3v) is 9.87. The summed E-state index contributed by atoms with van der Waals surface area (Å²) in [4.78, 5) is 16.6. The molecule has 31 heavy (non-hydrogen) atoms. The lowest BCUT2D eigenvalue weighted by molar-refractivity contribution is 0.282. The summed E-state index contributed by atoms with van der Waals surface area (Å²) in [6, 6.07) is 16.5. The van der Waals surface area contributed by atoms with Crippen molar-refractivity contribution >= 4 is 23.1 Å². The maximum atomic E-state index is 12.2. The molecule has 2 bridgehead atoms. The predicted molar refractivity (Wildman–Crippen MR) is 125 cm³/mol. The van der Waals surface area contributed by atoms with E-state index in [1.165, 1.54) is 41.0 Å². The molecular formula is C25H25NO3S2. The topological polar surface area (TPSA) is 51.3 Å². The number of thioether (sulfide) groups is 1. The third kappa shape index (κ3) is 3.31. The van der Waals surface area contributed by atoms with Crippen LogP contribution in [-0.4, -0.2) is 17.3 Å². The van der Waals surface area contributed by atoms with Crippen LogP contribution in [0.3, 0.4) is 0 Å². The number of fused-ring (bicyclic) bond motifs is 6. The van der Waals surface area contributed by atoms with Gasteiger partial charge in [-0.2, -0.15) is 0 Å².